The third kappa shape index (κ3) is 5.09. The highest BCUT2D eigenvalue weighted by molar-refractivity contribution is 7.91. The smallest absolute Gasteiger partial charge is 0.153 e. The van der Waals surface area contributed by atoms with E-state index in [-0.39, 0.29) is 11.5 Å². The van der Waals surface area contributed by atoms with Gasteiger partial charge < -0.3 is 5.73 Å². The second-order valence-corrected chi connectivity index (χ2v) is 5.80. The van der Waals surface area contributed by atoms with Crippen molar-refractivity contribution in [2.45, 2.75) is 6.42 Å². The van der Waals surface area contributed by atoms with Crippen molar-refractivity contribution >= 4 is 15.9 Å². The first-order chi connectivity index (χ1) is 7.64. The summed E-state index contributed by atoms with van der Waals surface area (Å²) in [6, 6.07) is 9.63. The molecular weight excluding hydrogens is 222 g/mol. The SMILES string of the molecule is NCCCS(=O)(=O)CC=Cc1ccccc1. The molecule has 1 rings (SSSR count). The highest BCUT2D eigenvalue weighted by Crippen LogP contribution is 2.02. The molecule has 0 radical (unpaired) electrons. The van der Waals surface area contributed by atoms with E-state index in [0.717, 1.165) is 5.56 Å². The Morgan fingerprint density at radius 2 is 1.88 bits per heavy atom. The maximum absolute atomic E-state index is 11.5. The van der Waals surface area contributed by atoms with Gasteiger partial charge >= 0.3 is 0 Å². The van der Waals surface area contributed by atoms with E-state index in [1.54, 1.807) is 6.08 Å². The van der Waals surface area contributed by atoms with Crippen molar-refractivity contribution in [3.05, 3.63) is 42.0 Å². The zero-order valence-electron chi connectivity index (χ0n) is 9.17. The van der Waals surface area contributed by atoms with Crippen LogP contribution in [0.1, 0.15) is 12.0 Å². The maximum atomic E-state index is 11.5. The fraction of sp³-hybridized carbons (Fsp3) is 0.333. The third-order valence-corrected chi connectivity index (χ3v) is 3.73. The summed E-state index contributed by atoms with van der Waals surface area (Å²) in [5, 5.41) is 0. The van der Waals surface area contributed by atoms with Crippen LogP contribution in [0.4, 0.5) is 0 Å². The van der Waals surface area contributed by atoms with Crippen molar-refractivity contribution in [3.63, 3.8) is 0 Å². The third-order valence-electron chi connectivity index (χ3n) is 2.12. The van der Waals surface area contributed by atoms with Crippen LogP contribution in [0.25, 0.3) is 6.08 Å². The Bertz CT molecular complexity index is 424. The predicted molar refractivity (Wildman–Crippen MR) is 67.8 cm³/mol. The average molecular weight is 239 g/mol. The van der Waals surface area contributed by atoms with Gasteiger partial charge in [0.25, 0.3) is 0 Å². The van der Waals surface area contributed by atoms with Gasteiger partial charge in [-0.3, -0.25) is 0 Å². The van der Waals surface area contributed by atoms with Gasteiger partial charge in [-0.15, -0.1) is 0 Å². The molecule has 4 heteroatoms. The minimum absolute atomic E-state index is 0.0852. The number of sulfone groups is 1. The van der Waals surface area contributed by atoms with Crippen LogP contribution in [0.2, 0.25) is 0 Å². The van der Waals surface area contributed by atoms with Gasteiger partial charge in [-0.1, -0.05) is 42.5 Å². The molecule has 0 aromatic heterocycles. The van der Waals surface area contributed by atoms with E-state index in [4.69, 9.17) is 5.73 Å². The lowest BCUT2D eigenvalue weighted by molar-refractivity contribution is 0.596. The van der Waals surface area contributed by atoms with Crippen LogP contribution in [0.15, 0.2) is 36.4 Å². The molecule has 0 aliphatic carbocycles. The largest absolute Gasteiger partial charge is 0.330 e. The molecular formula is C12H17NO2S. The number of hydrogen-bond donors (Lipinski definition) is 1. The Morgan fingerprint density at radius 1 is 1.19 bits per heavy atom. The molecule has 0 saturated heterocycles. The fourth-order valence-electron chi connectivity index (χ4n) is 1.28. The molecule has 0 heterocycles. The van der Waals surface area contributed by atoms with Gasteiger partial charge in [0.15, 0.2) is 9.84 Å². The summed E-state index contributed by atoms with van der Waals surface area (Å²) in [5.41, 5.74) is 6.28. The lowest BCUT2D eigenvalue weighted by Crippen LogP contribution is -2.13. The topological polar surface area (TPSA) is 60.2 Å². The highest BCUT2D eigenvalue weighted by atomic mass is 32.2. The summed E-state index contributed by atoms with van der Waals surface area (Å²) in [6.07, 6.45) is 4.03. The van der Waals surface area contributed by atoms with Gasteiger partial charge in [0, 0.05) is 0 Å². The molecule has 0 aliphatic heterocycles. The Kier molecular flexibility index (Phi) is 5.22. The van der Waals surface area contributed by atoms with Gasteiger partial charge in [0.1, 0.15) is 0 Å². The first kappa shape index (κ1) is 12.9. The van der Waals surface area contributed by atoms with Gasteiger partial charge in [-0.05, 0) is 18.5 Å². The summed E-state index contributed by atoms with van der Waals surface area (Å²) in [5.74, 6) is 0.254. The second-order valence-electron chi connectivity index (χ2n) is 3.57. The number of benzene rings is 1. The van der Waals surface area contributed by atoms with Gasteiger partial charge in [0.05, 0.1) is 11.5 Å². The minimum Gasteiger partial charge on any atom is -0.330 e. The van der Waals surface area contributed by atoms with Crippen LogP contribution < -0.4 is 5.73 Å². The Labute approximate surface area is 96.9 Å². The molecule has 0 bridgehead atoms. The lowest BCUT2D eigenvalue weighted by Gasteiger charge is -1.98. The first-order valence-electron chi connectivity index (χ1n) is 5.26. The molecule has 1 aromatic rings. The van der Waals surface area contributed by atoms with E-state index in [2.05, 4.69) is 0 Å². The van der Waals surface area contributed by atoms with E-state index in [0.29, 0.717) is 13.0 Å². The van der Waals surface area contributed by atoms with E-state index in [1.165, 1.54) is 0 Å². The summed E-state index contributed by atoms with van der Waals surface area (Å²) in [4.78, 5) is 0. The van der Waals surface area contributed by atoms with Crippen molar-refractivity contribution in [1.82, 2.24) is 0 Å². The second kappa shape index (κ2) is 6.45. The van der Waals surface area contributed by atoms with Crippen molar-refractivity contribution in [2.24, 2.45) is 5.73 Å². The molecule has 16 heavy (non-hydrogen) atoms. The van der Waals surface area contributed by atoms with Crippen LogP contribution in [-0.2, 0) is 9.84 Å². The van der Waals surface area contributed by atoms with Crippen LogP contribution in [-0.4, -0.2) is 26.5 Å². The molecule has 2 N–H and O–H groups in total. The first-order valence-corrected chi connectivity index (χ1v) is 7.08. The van der Waals surface area contributed by atoms with Crippen LogP contribution >= 0.6 is 0 Å². The molecule has 0 atom stereocenters. The molecule has 88 valence electrons. The van der Waals surface area contributed by atoms with E-state index in [9.17, 15) is 8.42 Å². The summed E-state index contributed by atoms with van der Waals surface area (Å²) in [6.45, 7) is 0.418. The molecule has 0 fully saturated rings. The van der Waals surface area contributed by atoms with Crippen LogP contribution in [0.3, 0.4) is 0 Å². The molecule has 0 unspecified atom stereocenters. The molecule has 0 aliphatic rings. The van der Waals surface area contributed by atoms with Crippen LogP contribution in [0.5, 0.6) is 0 Å². The normalized spacial score (nSPS) is 12.1. The van der Waals surface area contributed by atoms with E-state index >= 15 is 0 Å². The van der Waals surface area contributed by atoms with Gasteiger partial charge in [0.2, 0.25) is 0 Å². The quantitative estimate of drug-likeness (QED) is 0.817. The Balaban J connectivity index is 2.48. The van der Waals surface area contributed by atoms with Crippen molar-refractivity contribution in [2.75, 3.05) is 18.1 Å². The Hall–Kier alpha value is -1.13. The molecule has 0 amide bonds. The Morgan fingerprint density at radius 3 is 2.50 bits per heavy atom. The lowest BCUT2D eigenvalue weighted by atomic mass is 10.2. The summed E-state index contributed by atoms with van der Waals surface area (Å²) < 4.78 is 22.9. The monoisotopic (exact) mass is 239 g/mol. The maximum Gasteiger partial charge on any atom is 0.153 e. The zero-order valence-corrected chi connectivity index (χ0v) is 9.99. The standard InChI is InChI=1S/C12H17NO2S/c13-9-5-11-16(14,15)10-4-8-12-6-2-1-3-7-12/h1-4,6-8H,5,9-11,13H2. The van der Waals surface area contributed by atoms with Gasteiger partial charge in [-0.25, -0.2) is 8.42 Å². The number of rotatable bonds is 6. The van der Waals surface area contributed by atoms with E-state index < -0.39 is 9.84 Å². The molecule has 1 aromatic carbocycles. The minimum atomic E-state index is -2.98. The molecule has 0 spiro atoms. The van der Waals surface area contributed by atoms with Crippen molar-refractivity contribution in [1.29, 1.82) is 0 Å². The van der Waals surface area contributed by atoms with Crippen LogP contribution in [0, 0.1) is 0 Å². The number of nitrogens with two attached hydrogens (primary N) is 1. The average Bonchev–Trinajstić information content (AvgIpc) is 2.28. The highest BCUT2D eigenvalue weighted by Gasteiger charge is 2.06. The van der Waals surface area contributed by atoms with E-state index in [1.807, 2.05) is 36.4 Å². The van der Waals surface area contributed by atoms with Crippen molar-refractivity contribution in [3.8, 4) is 0 Å². The molecule has 3 nitrogen and oxygen atoms in total. The predicted octanol–water partition coefficient (Wildman–Crippen LogP) is 1.46. The van der Waals surface area contributed by atoms with Gasteiger partial charge in [-0.2, -0.15) is 0 Å². The fourth-order valence-corrected chi connectivity index (χ4v) is 2.44. The summed E-state index contributed by atoms with van der Waals surface area (Å²) in [7, 11) is -2.98. The number of hydrogen-bond acceptors (Lipinski definition) is 3. The molecule has 0 saturated carbocycles. The summed E-state index contributed by atoms with van der Waals surface area (Å²) >= 11 is 0. The van der Waals surface area contributed by atoms with Crippen molar-refractivity contribution < 1.29 is 8.42 Å². The zero-order chi connectivity index (χ0) is 11.9.